The number of hydrogen-bond donors (Lipinski definition) is 0. The quantitative estimate of drug-likeness (QED) is 0.317. The molecule has 0 aromatic heterocycles. The Morgan fingerprint density at radius 2 is 2.08 bits per heavy atom. The van der Waals surface area contributed by atoms with Gasteiger partial charge in [-0.15, -0.1) is 0 Å². The molecule has 1 aliphatic carbocycles. The van der Waals surface area contributed by atoms with Crippen LogP contribution in [-0.4, -0.2) is 37.7 Å². The SMILES string of the molecule is CC(=O)N1CCC[C@]2(C1=O)[C@@H](/C=C\I)CC=C[C@H]2O[Si](C)(C)C(C)(C)C. The molecule has 6 heteroatoms. The summed E-state index contributed by atoms with van der Waals surface area (Å²) in [6, 6.07) is 0. The number of likely N-dealkylation sites (tertiary alicyclic amines) is 1. The molecular formula is C20H32INO3Si. The van der Waals surface area contributed by atoms with E-state index in [-0.39, 0.29) is 28.9 Å². The lowest BCUT2D eigenvalue weighted by atomic mass is 9.62. The minimum Gasteiger partial charge on any atom is -0.409 e. The van der Waals surface area contributed by atoms with Crippen LogP contribution < -0.4 is 0 Å². The van der Waals surface area contributed by atoms with Crippen molar-refractivity contribution in [2.75, 3.05) is 6.54 Å². The standard InChI is InChI=1S/C20H32INO3Si/c1-15(23)22-14-8-12-20(18(22)24)16(11-13-21)9-7-10-17(20)25-26(5,6)19(2,3)4/h7,10-11,13,16-17H,8-9,12,14H2,1-6H3/b13-11-/t16-,17-,20+/m1/s1. The van der Waals surface area contributed by atoms with E-state index in [0.717, 1.165) is 19.3 Å². The number of allylic oxidation sites excluding steroid dienone is 2. The summed E-state index contributed by atoms with van der Waals surface area (Å²) in [7, 11) is -2.07. The zero-order valence-electron chi connectivity index (χ0n) is 16.8. The van der Waals surface area contributed by atoms with Gasteiger partial charge in [-0.1, -0.05) is 61.6 Å². The molecule has 1 saturated heterocycles. The van der Waals surface area contributed by atoms with E-state index in [9.17, 15) is 9.59 Å². The van der Waals surface area contributed by atoms with Gasteiger partial charge in [-0.2, -0.15) is 0 Å². The predicted octanol–water partition coefficient (Wildman–Crippen LogP) is 5.06. The molecule has 0 N–H and O–H groups in total. The van der Waals surface area contributed by atoms with Gasteiger partial charge in [-0.05, 0) is 47.4 Å². The third-order valence-electron chi connectivity index (χ3n) is 6.40. The van der Waals surface area contributed by atoms with E-state index < -0.39 is 13.7 Å². The maximum absolute atomic E-state index is 13.5. The first-order chi connectivity index (χ1) is 12.0. The van der Waals surface area contributed by atoms with Gasteiger partial charge >= 0.3 is 0 Å². The topological polar surface area (TPSA) is 46.6 Å². The van der Waals surface area contributed by atoms with Gasteiger partial charge in [0, 0.05) is 13.5 Å². The molecule has 1 aliphatic heterocycles. The number of halogens is 1. The number of carbonyl (C=O) groups excluding carboxylic acids is 2. The molecule has 0 aromatic carbocycles. The van der Waals surface area contributed by atoms with Crippen molar-refractivity contribution in [3.05, 3.63) is 22.3 Å². The molecule has 2 amide bonds. The fourth-order valence-electron chi connectivity index (χ4n) is 3.82. The van der Waals surface area contributed by atoms with Crippen LogP contribution in [0, 0.1) is 11.3 Å². The van der Waals surface area contributed by atoms with Gasteiger partial charge in [0.15, 0.2) is 8.32 Å². The summed E-state index contributed by atoms with van der Waals surface area (Å²) >= 11 is 2.21. The first-order valence-corrected chi connectivity index (χ1v) is 13.6. The molecule has 4 nitrogen and oxygen atoms in total. The van der Waals surface area contributed by atoms with Crippen LogP contribution in [0.3, 0.4) is 0 Å². The molecule has 2 rings (SSSR count). The number of amides is 2. The Bertz CT molecular complexity index is 623. The molecule has 0 aromatic rings. The highest BCUT2D eigenvalue weighted by atomic mass is 127. The summed E-state index contributed by atoms with van der Waals surface area (Å²) in [5.41, 5.74) is -0.671. The summed E-state index contributed by atoms with van der Waals surface area (Å²) in [5, 5.41) is 0.0616. The van der Waals surface area contributed by atoms with E-state index in [1.54, 1.807) is 0 Å². The molecule has 1 spiro atoms. The summed E-state index contributed by atoms with van der Waals surface area (Å²) in [6.45, 7) is 13.1. The number of rotatable bonds is 3. The van der Waals surface area contributed by atoms with E-state index in [1.165, 1.54) is 11.8 Å². The summed E-state index contributed by atoms with van der Waals surface area (Å²) < 4.78 is 8.76. The second kappa shape index (κ2) is 7.87. The molecule has 3 atom stereocenters. The Morgan fingerprint density at radius 3 is 2.62 bits per heavy atom. The van der Waals surface area contributed by atoms with Crippen molar-refractivity contribution in [2.24, 2.45) is 11.3 Å². The highest BCUT2D eigenvalue weighted by Gasteiger charge is 2.57. The van der Waals surface area contributed by atoms with Crippen LogP contribution in [0.5, 0.6) is 0 Å². The van der Waals surface area contributed by atoms with Crippen molar-refractivity contribution in [1.29, 1.82) is 0 Å². The summed E-state index contributed by atoms with van der Waals surface area (Å²) in [4.78, 5) is 27.1. The van der Waals surface area contributed by atoms with Crippen molar-refractivity contribution >= 4 is 42.7 Å². The van der Waals surface area contributed by atoms with E-state index >= 15 is 0 Å². The third-order valence-corrected chi connectivity index (χ3v) is 11.3. The first-order valence-electron chi connectivity index (χ1n) is 9.41. The molecule has 1 heterocycles. The lowest BCUT2D eigenvalue weighted by Gasteiger charge is -2.52. The predicted molar refractivity (Wildman–Crippen MR) is 117 cm³/mol. The average molecular weight is 489 g/mol. The highest BCUT2D eigenvalue weighted by Crippen LogP contribution is 2.50. The van der Waals surface area contributed by atoms with E-state index in [2.05, 4.69) is 74.7 Å². The van der Waals surface area contributed by atoms with Crippen LogP contribution in [0.25, 0.3) is 0 Å². The van der Waals surface area contributed by atoms with Crippen LogP contribution in [0.2, 0.25) is 18.1 Å². The van der Waals surface area contributed by atoms with Crippen LogP contribution in [0.1, 0.15) is 47.0 Å². The van der Waals surface area contributed by atoms with E-state index in [0.29, 0.717) is 6.54 Å². The highest BCUT2D eigenvalue weighted by molar-refractivity contribution is 14.1. The molecule has 2 aliphatic rings. The Hall–Kier alpha value is -0.473. The smallest absolute Gasteiger partial charge is 0.238 e. The largest absolute Gasteiger partial charge is 0.409 e. The van der Waals surface area contributed by atoms with Gasteiger partial charge in [0.2, 0.25) is 11.8 Å². The first kappa shape index (κ1) is 21.8. The van der Waals surface area contributed by atoms with Gasteiger partial charge in [-0.3, -0.25) is 14.5 Å². The van der Waals surface area contributed by atoms with Crippen LogP contribution in [0.4, 0.5) is 0 Å². The minimum absolute atomic E-state index is 0.0520. The number of carbonyl (C=O) groups is 2. The number of imide groups is 1. The molecule has 0 bridgehead atoms. The van der Waals surface area contributed by atoms with Crippen LogP contribution >= 0.6 is 22.6 Å². The number of nitrogens with zero attached hydrogens (tertiary/aromatic N) is 1. The third kappa shape index (κ3) is 3.87. The summed E-state index contributed by atoms with van der Waals surface area (Å²) in [5.74, 6) is -0.149. The van der Waals surface area contributed by atoms with Gasteiger partial charge in [0.1, 0.15) is 0 Å². The maximum atomic E-state index is 13.5. The van der Waals surface area contributed by atoms with Crippen molar-refractivity contribution < 1.29 is 14.0 Å². The number of hydrogen-bond acceptors (Lipinski definition) is 3. The lowest BCUT2D eigenvalue weighted by Crippen LogP contribution is -2.61. The Labute approximate surface area is 172 Å². The fourth-order valence-corrected chi connectivity index (χ4v) is 5.59. The Morgan fingerprint density at radius 1 is 1.42 bits per heavy atom. The van der Waals surface area contributed by atoms with Crippen molar-refractivity contribution in [1.82, 2.24) is 4.90 Å². The van der Waals surface area contributed by atoms with Gasteiger partial charge in [0.05, 0.1) is 11.5 Å². The lowest BCUT2D eigenvalue weighted by molar-refractivity contribution is -0.162. The molecule has 1 fully saturated rings. The Balaban J connectivity index is 2.51. The molecule has 146 valence electrons. The molecular weight excluding hydrogens is 457 g/mol. The van der Waals surface area contributed by atoms with Crippen LogP contribution in [-0.2, 0) is 14.0 Å². The maximum Gasteiger partial charge on any atom is 0.238 e. The van der Waals surface area contributed by atoms with Crippen molar-refractivity contribution in [3.8, 4) is 0 Å². The second-order valence-electron chi connectivity index (χ2n) is 9.01. The van der Waals surface area contributed by atoms with E-state index in [1.807, 2.05) is 4.08 Å². The van der Waals surface area contributed by atoms with Gasteiger partial charge in [0.25, 0.3) is 0 Å². The van der Waals surface area contributed by atoms with E-state index in [4.69, 9.17) is 4.43 Å². The fraction of sp³-hybridized carbons (Fsp3) is 0.700. The number of piperidine rings is 1. The molecule has 0 radical (unpaired) electrons. The molecule has 0 unspecified atom stereocenters. The Kier molecular flexibility index (Phi) is 6.61. The van der Waals surface area contributed by atoms with Gasteiger partial charge in [-0.25, -0.2) is 0 Å². The minimum atomic E-state index is -2.07. The van der Waals surface area contributed by atoms with Crippen molar-refractivity contribution in [2.45, 2.75) is 71.2 Å². The van der Waals surface area contributed by atoms with Crippen molar-refractivity contribution in [3.63, 3.8) is 0 Å². The average Bonchev–Trinajstić information content (AvgIpc) is 2.51. The normalized spacial score (nSPS) is 30.4. The molecule has 0 saturated carbocycles. The zero-order chi connectivity index (χ0) is 19.8. The summed E-state index contributed by atoms with van der Waals surface area (Å²) in [6.07, 6.45) is 8.49. The van der Waals surface area contributed by atoms with Crippen LogP contribution in [0.15, 0.2) is 22.3 Å². The molecule has 26 heavy (non-hydrogen) atoms. The zero-order valence-corrected chi connectivity index (χ0v) is 20.0. The van der Waals surface area contributed by atoms with Gasteiger partial charge < -0.3 is 4.43 Å². The monoisotopic (exact) mass is 489 g/mol. The second-order valence-corrected chi connectivity index (χ2v) is 14.5.